The van der Waals surface area contributed by atoms with Gasteiger partial charge < -0.3 is 9.47 Å². The molecule has 6 nitrogen and oxygen atoms in total. The summed E-state index contributed by atoms with van der Waals surface area (Å²) in [5.74, 6) is 0.291. The molecular formula is C30H26N2O4S. The van der Waals surface area contributed by atoms with Crippen LogP contribution in [0.25, 0.3) is 6.08 Å². The zero-order valence-electron chi connectivity index (χ0n) is 20.6. The van der Waals surface area contributed by atoms with E-state index >= 15 is 0 Å². The maximum Gasteiger partial charge on any atom is 0.338 e. The number of nitrogens with zero attached hydrogens (tertiary/aromatic N) is 2. The number of hydrogen-bond acceptors (Lipinski definition) is 6. The Morgan fingerprint density at radius 1 is 1.00 bits per heavy atom. The lowest BCUT2D eigenvalue weighted by atomic mass is 9.96. The van der Waals surface area contributed by atoms with Crippen LogP contribution in [-0.2, 0) is 16.1 Å². The van der Waals surface area contributed by atoms with E-state index in [-0.39, 0.29) is 12.2 Å². The van der Waals surface area contributed by atoms with Crippen molar-refractivity contribution >= 4 is 23.4 Å². The van der Waals surface area contributed by atoms with Gasteiger partial charge in [0.25, 0.3) is 5.56 Å². The summed E-state index contributed by atoms with van der Waals surface area (Å²) in [5.41, 5.74) is 3.53. The minimum absolute atomic E-state index is 0.198. The third-order valence-electron chi connectivity index (χ3n) is 6.06. The number of benzene rings is 3. The molecule has 4 aromatic rings. The molecule has 0 bridgehead atoms. The number of esters is 1. The molecule has 1 aromatic heterocycles. The van der Waals surface area contributed by atoms with E-state index in [9.17, 15) is 9.59 Å². The molecule has 3 aromatic carbocycles. The Labute approximate surface area is 218 Å². The van der Waals surface area contributed by atoms with Crippen LogP contribution in [0.15, 0.2) is 106 Å². The molecule has 1 atom stereocenters. The van der Waals surface area contributed by atoms with Crippen molar-refractivity contribution in [3.05, 3.63) is 133 Å². The van der Waals surface area contributed by atoms with Gasteiger partial charge in [-0.05, 0) is 48.7 Å². The molecule has 0 unspecified atom stereocenters. The maximum absolute atomic E-state index is 13.6. The Morgan fingerprint density at radius 2 is 1.68 bits per heavy atom. The number of carbonyl (C=O) groups excluding carboxylic acids is 1. The standard InChI is InChI=1S/C30H26N2O4S/c1-3-35-29(34)26-20(2)31-30-32(27(26)23-12-8-5-9-13-23)28(33)25(37-30)18-21-14-16-24(17-15-21)36-19-22-10-6-4-7-11-22/h4-18,27H,3,19H2,1-2H3/b25-18-/t27-/m0/s1. The number of aromatic nitrogens is 1. The van der Waals surface area contributed by atoms with Crippen LogP contribution in [0.3, 0.4) is 0 Å². The fraction of sp³-hybridized carbons (Fsp3) is 0.167. The zero-order valence-corrected chi connectivity index (χ0v) is 21.4. The van der Waals surface area contributed by atoms with Gasteiger partial charge in [-0.25, -0.2) is 9.79 Å². The van der Waals surface area contributed by atoms with Crippen LogP contribution in [0.2, 0.25) is 0 Å². The number of hydrogen-bond donors (Lipinski definition) is 0. The summed E-state index contributed by atoms with van der Waals surface area (Å²) < 4.78 is 13.3. The monoisotopic (exact) mass is 510 g/mol. The molecule has 1 aliphatic rings. The Morgan fingerprint density at radius 3 is 2.35 bits per heavy atom. The van der Waals surface area contributed by atoms with Crippen LogP contribution in [0, 0.1) is 0 Å². The van der Waals surface area contributed by atoms with Crippen LogP contribution in [0.1, 0.15) is 36.6 Å². The smallest absolute Gasteiger partial charge is 0.338 e. The predicted octanol–water partition coefficient (Wildman–Crippen LogP) is 4.38. The first-order valence-electron chi connectivity index (χ1n) is 12.1. The predicted molar refractivity (Wildman–Crippen MR) is 144 cm³/mol. The lowest BCUT2D eigenvalue weighted by Gasteiger charge is -2.24. The summed E-state index contributed by atoms with van der Waals surface area (Å²) in [7, 11) is 0. The largest absolute Gasteiger partial charge is 0.489 e. The van der Waals surface area contributed by atoms with Crippen molar-refractivity contribution in [3.63, 3.8) is 0 Å². The molecule has 1 aliphatic heterocycles. The Kier molecular flexibility index (Phi) is 7.14. The van der Waals surface area contributed by atoms with Gasteiger partial charge in [0.15, 0.2) is 4.80 Å². The molecule has 186 valence electrons. The van der Waals surface area contributed by atoms with Crippen molar-refractivity contribution in [1.82, 2.24) is 4.57 Å². The molecule has 5 rings (SSSR count). The van der Waals surface area contributed by atoms with Gasteiger partial charge in [0, 0.05) is 0 Å². The molecule has 2 heterocycles. The second-order valence-electron chi connectivity index (χ2n) is 8.56. The Balaban J connectivity index is 1.50. The Hall–Kier alpha value is -4.23. The molecule has 0 N–H and O–H groups in total. The number of carbonyl (C=O) groups is 1. The highest BCUT2D eigenvalue weighted by atomic mass is 32.1. The van der Waals surface area contributed by atoms with E-state index in [0.717, 1.165) is 22.4 Å². The SMILES string of the molecule is CCOC(=O)C1=C(C)N=c2s/c(=C\c3ccc(OCc4ccccc4)cc3)c(=O)n2[C@H]1c1ccccc1. The minimum atomic E-state index is -0.604. The molecule has 7 heteroatoms. The summed E-state index contributed by atoms with van der Waals surface area (Å²) in [6.07, 6.45) is 1.84. The third kappa shape index (κ3) is 5.17. The molecule has 37 heavy (non-hydrogen) atoms. The highest BCUT2D eigenvalue weighted by Gasteiger charge is 2.33. The Bertz CT molecular complexity index is 1620. The van der Waals surface area contributed by atoms with Crippen LogP contribution >= 0.6 is 11.3 Å². The summed E-state index contributed by atoms with van der Waals surface area (Å²) in [4.78, 5) is 31.7. The number of ether oxygens (including phenoxy) is 2. The first kappa shape index (κ1) is 24.5. The van der Waals surface area contributed by atoms with Crippen molar-refractivity contribution in [2.75, 3.05) is 6.61 Å². The van der Waals surface area contributed by atoms with E-state index in [1.165, 1.54) is 11.3 Å². The molecule has 0 spiro atoms. The van der Waals surface area contributed by atoms with Gasteiger partial charge in [0.1, 0.15) is 12.4 Å². The van der Waals surface area contributed by atoms with Crippen LogP contribution in [0.5, 0.6) is 5.75 Å². The molecule has 0 amide bonds. The number of allylic oxidation sites excluding steroid dienone is 1. The lowest BCUT2D eigenvalue weighted by Crippen LogP contribution is -2.39. The first-order valence-corrected chi connectivity index (χ1v) is 12.9. The highest BCUT2D eigenvalue weighted by molar-refractivity contribution is 7.07. The quantitative estimate of drug-likeness (QED) is 0.346. The fourth-order valence-corrected chi connectivity index (χ4v) is 5.34. The highest BCUT2D eigenvalue weighted by Crippen LogP contribution is 2.30. The van der Waals surface area contributed by atoms with E-state index < -0.39 is 12.0 Å². The minimum Gasteiger partial charge on any atom is -0.489 e. The van der Waals surface area contributed by atoms with E-state index in [2.05, 4.69) is 4.99 Å². The van der Waals surface area contributed by atoms with E-state index in [1.807, 2.05) is 91.0 Å². The zero-order chi connectivity index (χ0) is 25.8. The molecule has 0 fully saturated rings. The third-order valence-corrected chi connectivity index (χ3v) is 7.04. The first-order chi connectivity index (χ1) is 18.0. The van der Waals surface area contributed by atoms with Crippen LogP contribution in [-0.4, -0.2) is 17.1 Å². The fourth-order valence-electron chi connectivity index (χ4n) is 4.29. The summed E-state index contributed by atoms with van der Waals surface area (Å²) in [6.45, 7) is 4.28. The summed E-state index contributed by atoms with van der Waals surface area (Å²) >= 11 is 1.31. The second kappa shape index (κ2) is 10.8. The van der Waals surface area contributed by atoms with Crippen molar-refractivity contribution in [1.29, 1.82) is 0 Å². The van der Waals surface area contributed by atoms with Gasteiger partial charge in [-0.1, -0.05) is 84.1 Å². The normalized spacial score (nSPS) is 15.2. The van der Waals surface area contributed by atoms with Gasteiger partial charge in [-0.15, -0.1) is 0 Å². The topological polar surface area (TPSA) is 69.9 Å². The molecule has 0 saturated heterocycles. The molecule has 0 aliphatic carbocycles. The average Bonchev–Trinajstić information content (AvgIpc) is 3.22. The number of fused-ring (bicyclic) bond motifs is 1. The number of rotatable bonds is 7. The maximum atomic E-state index is 13.6. The van der Waals surface area contributed by atoms with E-state index in [0.29, 0.717) is 27.2 Å². The van der Waals surface area contributed by atoms with Crippen molar-refractivity contribution < 1.29 is 14.3 Å². The lowest BCUT2D eigenvalue weighted by molar-refractivity contribution is -0.139. The van der Waals surface area contributed by atoms with Crippen molar-refractivity contribution in [2.24, 2.45) is 4.99 Å². The van der Waals surface area contributed by atoms with E-state index in [1.54, 1.807) is 18.4 Å². The van der Waals surface area contributed by atoms with Gasteiger partial charge >= 0.3 is 5.97 Å². The average molecular weight is 511 g/mol. The van der Waals surface area contributed by atoms with Crippen molar-refractivity contribution in [2.45, 2.75) is 26.5 Å². The summed E-state index contributed by atoms with van der Waals surface area (Å²) in [5, 5.41) is 0. The summed E-state index contributed by atoms with van der Waals surface area (Å²) in [6, 6.07) is 26.5. The van der Waals surface area contributed by atoms with Gasteiger partial charge in [0.05, 0.1) is 28.5 Å². The van der Waals surface area contributed by atoms with Gasteiger partial charge in [0.2, 0.25) is 0 Å². The second-order valence-corrected chi connectivity index (χ2v) is 9.57. The van der Waals surface area contributed by atoms with E-state index in [4.69, 9.17) is 9.47 Å². The van der Waals surface area contributed by atoms with Crippen LogP contribution < -0.4 is 19.6 Å². The van der Waals surface area contributed by atoms with Gasteiger partial charge in [-0.3, -0.25) is 9.36 Å². The van der Waals surface area contributed by atoms with Gasteiger partial charge in [-0.2, -0.15) is 0 Å². The molecule has 0 radical (unpaired) electrons. The van der Waals surface area contributed by atoms with Crippen molar-refractivity contribution in [3.8, 4) is 5.75 Å². The molecule has 0 saturated carbocycles. The number of thiazole rings is 1. The molecular weight excluding hydrogens is 484 g/mol. The van der Waals surface area contributed by atoms with Crippen LogP contribution in [0.4, 0.5) is 0 Å².